The normalized spacial score (nSPS) is 15.9. The molecular formula is C26H26ClN5O2. The molecule has 8 heteroatoms. The average Bonchev–Trinajstić information content (AvgIpc) is 3.32. The maximum atomic E-state index is 13.0. The van der Waals surface area contributed by atoms with Crippen LogP contribution in [0, 0.1) is 5.92 Å². The number of carbonyl (C=O) groups excluding carboxylic acids is 1. The third kappa shape index (κ3) is 4.43. The Labute approximate surface area is 203 Å². The standard InChI is InChI=1S/C26H26ClN5O2/c1-34-24-11-5-2-7-18(24)16-29-26(33)19-8-6-13-31(17-19)25-23-15-22(30-32(23)14-12-28-25)20-9-3-4-10-21(20)27/h2-5,7,9-12,14-15,19H,6,8,13,16-17H2,1H3,(H,29,33)/t19-/m1/s1. The first-order chi connectivity index (χ1) is 16.6. The van der Waals surface area contributed by atoms with Crippen molar-refractivity contribution in [1.29, 1.82) is 0 Å². The zero-order valence-electron chi connectivity index (χ0n) is 18.9. The highest BCUT2D eigenvalue weighted by Gasteiger charge is 2.28. The van der Waals surface area contributed by atoms with Gasteiger partial charge in [0.25, 0.3) is 0 Å². The summed E-state index contributed by atoms with van der Waals surface area (Å²) in [5, 5.41) is 8.45. The molecule has 5 rings (SSSR count). The van der Waals surface area contributed by atoms with Gasteiger partial charge in [0.2, 0.25) is 5.91 Å². The lowest BCUT2D eigenvalue weighted by atomic mass is 9.97. The number of para-hydroxylation sites is 1. The van der Waals surface area contributed by atoms with E-state index in [1.165, 1.54) is 0 Å². The lowest BCUT2D eigenvalue weighted by Crippen LogP contribution is -2.43. The van der Waals surface area contributed by atoms with E-state index in [0.29, 0.717) is 18.1 Å². The minimum Gasteiger partial charge on any atom is -0.496 e. The fourth-order valence-corrected chi connectivity index (χ4v) is 4.74. The summed E-state index contributed by atoms with van der Waals surface area (Å²) in [7, 11) is 1.64. The van der Waals surface area contributed by atoms with E-state index in [2.05, 4.69) is 15.2 Å². The van der Waals surface area contributed by atoms with Gasteiger partial charge in [-0.1, -0.05) is 48.0 Å². The van der Waals surface area contributed by atoms with Gasteiger partial charge in [-0.15, -0.1) is 0 Å². The number of aromatic nitrogens is 3. The van der Waals surface area contributed by atoms with Crippen LogP contribution in [0.5, 0.6) is 5.75 Å². The molecule has 1 amide bonds. The first-order valence-corrected chi connectivity index (χ1v) is 11.8. The second kappa shape index (κ2) is 9.73. The van der Waals surface area contributed by atoms with E-state index in [-0.39, 0.29) is 11.8 Å². The predicted octanol–water partition coefficient (Wildman–Crippen LogP) is 4.59. The number of piperidine rings is 1. The molecule has 0 radical (unpaired) electrons. The maximum Gasteiger partial charge on any atom is 0.225 e. The predicted molar refractivity (Wildman–Crippen MR) is 133 cm³/mol. The fraction of sp³-hybridized carbons (Fsp3) is 0.269. The smallest absolute Gasteiger partial charge is 0.225 e. The molecule has 0 aliphatic carbocycles. The largest absolute Gasteiger partial charge is 0.496 e. The summed E-state index contributed by atoms with van der Waals surface area (Å²) in [5.74, 6) is 1.54. The van der Waals surface area contributed by atoms with Crippen LogP contribution < -0.4 is 15.0 Å². The second-order valence-electron chi connectivity index (χ2n) is 8.40. The molecule has 7 nitrogen and oxygen atoms in total. The lowest BCUT2D eigenvalue weighted by molar-refractivity contribution is -0.125. The van der Waals surface area contributed by atoms with Gasteiger partial charge in [-0.2, -0.15) is 5.10 Å². The van der Waals surface area contributed by atoms with Crippen LogP contribution in [0.3, 0.4) is 0 Å². The van der Waals surface area contributed by atoms with Crippen LogP contribution in [0.4, 0.5) is 5.82 Å². The van der Waals surface area contributed by atoms with Crippen molar-refractivity contribution in [3.63, 3.8) is 0 Å². The van der Waals surface area contributed by atoms with Gasteiger partial charge in [-0.25, -0.2) is 9.50 Å². The number of fused-ring (bicyclic) bond motifs is 1. The van der Waals surface area contributed by atoms with Crippen LogP contribution in [0.15, 0.2) is 67.0 Å². The second-order valence-corrected chi connectivity index (χ2v) is 8.81. The number of ether oxygens (including phenoxy) is 1. The highest BCUT2D eigenvalue weighted by atomic mass is 35.5. The Morgan fingerprint density at radius 2 is 2.03 bits per heavy atom. The summed E-state index contributed by atoms with van der Waals surface area (Å²) in [4.78, 5) is 19.8. The molecule has 1 saturated heterocycles. The Morgan fingerprint density at radius 1 is 1.21 bits per heavy atom. The Morgan fingerprint density at radius 3 is 2.88 bits per heavy atom. The molecule has 174 valence electrons. The highest BCUT2D eigenvalue weighted by molar-refractivity contribution is 6.33. The van der Waals surface area contributed by atoms with E-state index in [4.69, 9.17) is 21.4 Å². The molecule has 1 fully saturated rings. The van der Waals surface area contributed by atoms with E-state index in [1.54, 1.807) is 13.3 Å². The van der Waals surface area contributed by atoms with E-state index in [0.717, 1.165) is 53.3 Å². The van der Waals surface area contributed by atoms with Gasteiger partial charge in [0.05, 0.1) is 23.7 Å². The van der Waals surface area contributed by atoms with Crippen LogP contribution in [-0.4, -0.2) is 40.7 Å². The van der Waals surface area contributed by atoms with Crippen LogP contribution in [0.2, 0.25) is 5.02 Å². The monoisotopic (exact) mass is 475 g/mol. The Kier molecular flexibility index (Phi) is 6.36. The molecule has 1 N–H and O–H groups in total. The molecule has 1 aliphatic rings. The summed E-state index contributed by atoms with van der Waals surface area (Å²) < 4.78 is 7.22. The number of rotatable bonds is 6. The number of halogens is 1. The van der Waals surface area contributed by atoms with Crippen molar-refractivity contribution >= 4 is 28.8 Å². The molecule has 3 heterocycles. The molecular weight excluding hydrogens is 450 g/mol. The minimum absolute atomic E-state index is 0.0489. The van der Waals surface area contributed by atoms with Crippen molar-refractivity contribution in [2.24, 2.45) is 5.92 Å². The van der Waals surface area contributed by atoms with E-state index >= 15 is 0 Å². The first kappa shape index (κ1) is 22.2. The summed E-state index contributed by atoms with van der Waals surface area (Å²) in [6, 6.07) is 17.4. The van der Waals surface area contributed by atoms with Crippen molar-refractivity contribution in [3.05, 3.63) is 77.6 Å². The Bertz CT molecular complexity index is 1320. The van der Waals surface area contributed by atoms with Gasteiger partial charge in [0.15, 0.2) is 5.82 Å². The number of carbonyl (C=O) groups is 1. The number of nitrogens with zero attached hydrogens (tertiary/aromatic N) is 4. The summed E-state index contributed by atoms with van der Waals surface area (Å²) >= 11 is 6.39. The maximum absolute atomic E-state index is 13.0. The van der Waals surface area contributed by atoms with E-state index in [9.17, 15) is 4.79 Å². The quantitative estimate of drug-likeness (QED) is 0.441. The van der Waals surface area contributed by atoms with Gasteiger partial charge < -0.3 is 15.0 Å². The first-order valence-electron chi connectivity index (χ1n) is 11.4. The molecule has 1 atom stereocenters. The van der Waals surface area contributed by atoms with Gasteiger partial charge >= 0.3 is 0 Å². The van der Waals surface area contributed by atoms with Crippen LogP contribution in [0.25, 0.3) is 16.8 Å². The fourth-order valence-electron chi connectivity index (χ4n) is 4.51. The number of anilines is 1. The molecule has 1 aliphatic heterocycles. The Hall–Kier alpha value is -3.58. The van der Waals surface area contributed by atoms with Crippen molar-refractivity contribution < 1.29 is 9.53 Å². The molecule has 2 aromatic heterocycles. The van der Waals surface area contributed by atoms with Gasteiger partial charge in [0, 0.05) is 43.2 Å². The number of nitrogens with one attached hydrogen (secondary N) is 1. The number of methoxy groups -OCH3 is 1. The van der Waals surface area contributed by atoms with Crippen LogP contribution in [0.1, 0.15) is 18.4 Å². The van der Waals surface area contributed by atoms with Crippen LogP contribution >= 0.6 is 11.6 Å². The number of amides is 1. The molecule has 0 saturated carbocycles. The molecule has 34 heavy (non-hydrogen) atoms. The third-order valence-corrected chi connectivity index (χ3v) is 6.59. The van der Waals surface area contributed by atoms with Crippen molar-refractivity contribution in [2.45, 2.75) is 19.4 Å². The molecule has 0 bridgehead atoms. The SMILES string of the molecule is COc1ccccc1CNC(=O)[C@@H]1CCCN(c2nccn3nc(-c4ccccc4Cl)cc23)C1. The van der Waals surface area contributed by atoms with Crippen LogP contribution in [-0.2, 0) is 11.3 Å². The number of hydrogen-bond acceptors (Lipinski definition) is 5. The summed E-state index contributed by atoms with van der Waals surface area (Å²) in [5.41, 5.74) is 3.53. The van der Waals surface area contributed by atoms with Gasteiger partial charge in [-0.3, -0.25) is 4.79 Å². The minimum atomic E-state index is -0.114. The summed E-state index contributed by atoms with van der Waals surface area (Å²) in [6.45, 7) is 1.89. The molecule has 0 unspecified atom stereocenters. The lowest BCUT2D eigenvalue weighted by Gasteiger charge is -2.33. The number of hydrogen-bond donors (Lipinski definition) is 1. The topological polar surface area (TPSA) is 71.8 Å². The molecule has 2 aromatic carbocycles. The average molecular weight is 476 g/mol. The summed E-state index contributed by atoms with van der Waals surface area (Å²) in [6.07, 6.45) is 5.35. The van der Waals surface area contributed by atoms with Crippen molar-refractivity contribution in [3.8, 4) is 17.0 Å². The zero-order chi connectivity index (χ0) is 23.5. The van der Waals surface area contributed by atoms with Gasteiger partial charge in [-0.05, 0) is 31.0 Å². The highest BCUT2D eigenvalue weighted by Crippen LogP contribution is 2.31. The number of benzene rings is 2. The van der Waals surface area contributed by atoms with Gasteiger partial charge in [0.1, 0.15) is 11.3 Å². The van der Waals surface area contributed by atoms with Crippen molar-refractivity contribution in [2.75, 3.05) is 25.1 Å². The van der Waals surface area contributed by atoms with E-state index in [1.807, 2.05) is 65.3 Å². The Balaban J connectivity index is 1.34. The zero-order valence-corrected chi connectivity index (χ0v) is 19.7. The van der Waals surface area contributed by atoms with E-state index < -0.39 is 0 Å². The van der Waals surface area contributed by atoms with Crippen molar-refractivity contribution in [1.82, 2.24) is 19.9 Å². The molecule has 0 spiro atoms. The third-order valence-electron chi connectivity index (χ3n) is 6.26. The molecule has 4 aromatic rings.